The monoisotopic (exact) mass is 230 g/mol. The van der Waals surface area contributed by atoms with E-state index in [9.17, 15) is 14.7 Å². The van der Waals surface area contributed by atoms with E-state index in [0.29, 0.717) is 0 Å². The van der Waals surface area contributed by atoms with Gasteiger partial charge in [0.1, 0.15) is 0 Å². The molecule has 0 fully saturated rings. The predicted molar refractivity (Wildman–Crippen MR) is 51.0 cm³/mol. The number of rotatable bonds is 3. The second kappa shape index (κ2) is 4.29. The third-order valence-electron chi connectivity index (χ3n) is 1.77. The Morgan fingerprint density at radius 1 is 1.27 bits per heavy atom. The van der Waals surface area contributed by atoms with Crippen LogP contribution >= 0.6 is 11.6 Å². The maximum Gasteiger partial charge on any atom is 0.337 e. The number of hydrogen-bond donors (Lipinski definition) is 3. The van der Waals surface area contributed by atoms with Gasteiger partial charge in [0.05, 0.1) is 5.56 Å². The molecule has 0 aliphatic carbocycles. The van der Waals surface area contributed by atoms with E-state index in [1.165, 1.54) is 6.07 Å². The minimum atomic E-state index is -1.89. The van der Waals surface area contributed by atoms with E-state index in [2.05, 4.69) is 0 Å². The summed E-state index contributed by atoms with van der Waals surface area (Å²) in [5, 5.41) is 26.7. The van der Waals surface area contributed by atoms with Gasteiger partial charge in [-0.15, -0.1) is 0 Å². The van der Waals surface area contributed by atoms with Gasteiger partial charge in [-0.25, -0.2) is 9.59 Å². The smallest absolute Gasteiger partial charge is 0.337 e. The normalized spacial score (nSPS) is 12.1. The Morgan fingerprint density at radius 2 is 1.87 bits per heavy atom. The van der Waals surface area contributed by atoms with Gasteiger partial charge in [-0.2, -0.15) is 0 Å². The second-order valence-electron chi connectivity index (χ2n) is 2.78. The van der Waals surface area contributed by atoms with Crippen molar-refractivity contribution < 1.29 is 24.9 Å². The Balaban J connectivity index is 3.30. The molecule has 0 aliphatic heterocycles. The highest BCUT2D eigenvalue weighted by Gasteiger charge is 2.22. The molecule has 15 heavy (non-hydrogen) atoms. The minimum absolute atomic E-state index is 0.162. The first-order chi connectivity index (χ1) is 6.93. The van der Waals surface area contributed by atoms with E-state index in [4.69, 9.17) is 21.8 Å². The van der Waals surface area contributed by atoms with E-state index in [0.717, 1.165) is 12.1 Å². The number of carboxylic acids is 2. The lowest BCUT2D eigenvalue weighted by Crippen LogP contribution is -2.14. The number of carboxylic acid groups (broad SMARTS) is 2. The summed E-state index contributed by atoms with van der Waals surface area (Å²) in [4.78, 5) is 21.2. The van der Waals surface area contributed by atoms with Gasteiger partial charge in [0.25, 0.3) is 0 Å². The molecule has 1 rings (SSSR count). The van der Waals surface area contributed by atoms with E-state index in [1.54, 1.807) is 0 Å². The zero-order valence-corrected chi connectivity index (χ0v) is 8.10. The summed E-state index contributed by atoms with van der Waals surface area (Å²) in [6.45, 7) is 0. The molecule has 0 bridgehead atoms. The molecular formula is C9H7ClO5. The Hall–Kier alpha value is -1.59. The van der Waals surface area contributed by atoms with Crippen molar-refractivity contribution >= 4 is 23.5 Å². The maximum atomic E-state index is 10.7. The van der Waals surface area contributed by atoms with Crippen LogP contribution in [0.5, 0.6) is 0 Å². The molecule has 0 heterocycles. The van der Waals surface area contributed by atoms with Crippen LogP contribution in [0.3, 0.4) is 0 Å². The maximum absolute atomic E-state index is 10.7. The van der Waals surface area contributed by atoms with Crippen molar-refractivity contribution in [1.29, 1.82) is 0 Å². The zero-order chi connectivity index (χ0) is 11.6. The highest BCUT2D eigenvalue weighted by molar-refractivity contribution is 6.30. The number of hydrogen-bond acceptors (Lipinski definition) is 3. The first kappa shape index (κ1) is 11.5. The molecule has 0 saturated heterocycles. The van der Waals surface area contributed by atoms with Gasteiger partial charge in [0, 0.05) is 10.6 Å². The number of halogens is 1. The van der Waals surface area contributed by atoms with E-state index < -0.39 is 18.0 Å². The van der Waals surface area contributed by atoms with E-state index in [-0.39, 0.29) is 16.1 Å². The van der Waals surface area contributed by atoms with Crippen molar-refractivity contribution in [2.45, 2.75) is 6.10 Å². The van der Waals surface area contributed by atoms with Crippen LogP contribution in [-0.2, 0) is 4.79 Å². The third kappa shape index (κ3) is 2.45. The van der Waals surface area contributed by atoms with Crippen LogP contribution in [0.15, 0.2) is 18.2 Å². The van der Waals surface area contributed by atoms with Crippen molar-refractivity contribution in [2.75, 3.05) is 0 Å². The average molecular weight is 231 g/mol. The Bertz CT molecular complexity index is 415. The van der Waals surface area contributed by atoms with Crippen molar-refractivity contribution in [1.82, 2.24) is 0 Å². The van der Waals surface area contributed by atoms with Crippen LogP contribution < -0.4 is 0 Å². The van der Waals surface area contributed by atoms with Crippen LogP contribution in [0.2, 0.25) is 5.02 Å². The molecule has 0 amide bonds. The molecule has 1 atom stereocenters. The van der Waals surface area contributed by atoms with Gasteiger partial charge >= 0.3 is 11.9 Å². The number of aliphatic hydroxyl groups excluding tert-OH is 1. The van der Waals surface area contributed by atoms with Gasteiger partial charge in [0.15, 0.2) is 6.10 Å². The number of benzene rings is 1. The first-order valence-corrected chi connectivity index (χ1v) is 4.25. The molecular weight excluding hydrogens is 224 g/mol. The molecule has 0 aliphatic rings. The highest BCUT2D eigenvalue weighted by atomic mass is 35.5. The first-order valence-electron chi connectivity index (χ1n) is 3.87. The SMILES string of the molecule is O=C(O)c1ccc(Cl)cc1C(O)C(=O)O. The summed E-state index contributed by atoms with van der Waals surface area (Å²) in [5.74, 6) is -2.85. The number of carbonyl (C=O) groups is 2. The molecule has 0 radical (unpaired) electrons. The summed E-state index contributed by atoms with van der Waals surface area (Å²) in [7, 11) is 0. The standard InChI is InChI=1S/C9H7ClO5/c10-4-1-2-5(8(12)13)6(3-4)7(11)9(14)15/h1-3,7,11H,(H,12,13)(H,14,15). The molecule has 1 aromatic rings. The van der Waals surface area contributed by atoms with Crippen LogP contribution in [0.25, 0.3) is 0 Å². The number of aliphatic carboxylic acids is 1. The average Bonchev–Trinajstić information content (AvgIpc) is 2.15. The summed E-state index contributed by atoms with van der Waals surface area (Å²) in [6.07, 6.45) is -1.89. The summed E-state index contributed by atoms with van der Waals surface area (Å²) in [5.41, 5.74) is -0.517. The lowest BCUT2D eigenvalue weighted by molar-refractivity contribution is -0.146. The Kier molecular flexibility index (Phi) is 3.28. The van der Waals surface area contributed by atoms with Gasteiger partial charge in [0.2, 0.25) is 0 Å². The summed E-state index contributed by atoms with van der Waals surface area (Å²) >= 11 is 5.57. The van der Waals surface area contributed by atoms with Gasteiger partial charge in [-0.3, -0.25) is 0 Å². The lowest BCUT2D eigenvalue weighted by Gasteiger charge is -2.09. The molecule has 80 valence electrons. The minimum Gasteiger partial charge on any atom is -0.479 e. The fourth-order valence-corrected chi connectivity index (χ4v) is 1.27. The third-order valence-corrected chi connectivity index (χ3v) is 2.01. The van der Waals surface area contributed by atoms with Crippen molar-refractivity contribution in [3.05, 3.63) is 34.3 Å². The van der Waals surface area contributed by atoms with Crippen LogP contribution in [0.1, 0.15) is 22.0 Å². The summed E-state index contributed by atoms with van der Waals surface area (Å²) in [6, 6.07) is 3.57. The molecule has 1 unspecified atom stereocenters. The van der Waals surface area contributed by atoms with Crippen molar-refractivity contribution in [3.63, 3.8) is 0 Å². The van der Waals surface area contributed by atoms with Gasteiger partial charge < -0.3 is 15.3 Å². The zero-order valence-electron chi connectivity index (χ0n) is 7.35. The quantitative estimate of drug-likeness (QED) is 0.724. The van der Waals surface area contributed by atoms with Crippen molar-refractivity contribution in [3.8, 4) is 0 Å². The Labute approximate surface area is 89.5 Å². The molecule has 3 N–H and O–H groups in total. The fraction of sp³-hybridized carbons (Fsp3) is 0.111. The van der Waals surface area contributed by atoms with E-state index >= 15 is 0 Å². The number of aliphatic hydroxyl groups is 1. The topological polar surface area (TPSA) is 94.8 Å². The summed E-state index contributed by atoms with van der Waals surface area (Å²) < 4.78 is 0. The molecule has 0 spiro atoms. The van der Waals surface area contributed by atoms with Gasteiger partial charge in [-0.05, 0) is 18.2 Å². The van der Waals surface area contributed by atoms with Gasteiger partial charge in [-0.1, -0.05) is 11.6 Å². The lowest BCUT2D eigenvalue weighted by atomic mass is 10.0. The van der Waals surface area contributed by atoms with Crippen LogP contribution in [-0.4, -0.2) is 27.3 Å². The second-order valence-corrected chi connectivity index (χ2v) is 3.21. The van der Waals surface area contributed by atoms with Crippen LogP contribution in [0.4, 0.5) is 0 Å². The molecule has 5 nitrogen and oxygen atoms in total. The predicted octanol–water partition coefficient (Wildman–Crippen LogP) is 1.16. The Morgan fingerprint density at radius 3 is 2.33 bits per heavy atom. The van der Waals surface area contributed by atoms with Crippen LogP contribution in [0, 0.1) is 0 Å². The molecule has 0 saturated carbocycles. The molecule has 6 heteroatoms. The van der Waals surface area contributed by atoms with Crippen molar-refractivity contribution in [2.24, 2.45) is 0 Å². The number of aromatic carboxylic acids is 1. The van der Waals surface area contributed by atoms with E-state index in [1.807, 2.05) is 0 Å². The molecule has 0 aromatic heterocycles. The highest BCUT2D eigenvalue weighted by Crippen LogP contribution is 2.22. The largest absolute Gasteiger partial charge is 0.479 e. The molecule has 1 aromatic carbocycles. The fourth-order valence-electron chi connectivity index (χ4n) is 1.09.